The van der Waals surface area contributed by atoms with Crippen LogP contribution in [0.4, 0.5) is 0 Å². The Hall–Kier alpha value is -2.53. The average molecular weight is 271 g/mol. The maximum absolute atomic E-state index is 11.2. The van der Waals surface area contributed by atoms with Crippen molar-refractivity contribution in [2.24, 2.45) is 0 Å². The molecule has 0 saturated carbocycles. The zero-order chi connectivity index (χ0) is 13.9. The predicted octanol–water partition coefficient (Wildman–Crippen LogP) is 3.01. The number of para-hydroxylation sites is 1. The second-order valence-corrected chi connectivity index (χ2v) is 4.39. The van der Waals surface area contributed by atoms with E-state index in [1.165, 1.54) is 0 Å². The molecule has 0 bridgehead atoms. The van der Waals surface area contributed by atoms with Gasteiger partial charge in [0.25, 0.3) is 0 Å². The Kier molecular flexibility index (Phi) is 3.26. The first kappa shape index (κ1) is 12.5. The Balaban J connectivity index is 1.85. The molecule has 0 spiro atoms. The number of benzene rings is 1. The van der Waals surface area contributed by atoms with E-state index in [0.29, 0.717) is 24.2 Å². The number of carboxylic acid groups (broad SMARTS) is 1. The highest BCUT2D eigenvalue weighted by atomic mass is 16.4. The largest absolute Gasteiger partial charge is 0.475 e. The van der Waals surface area contributed by atoms with Crippen molar-refractivity contribution in [3.05, 3.63) is 59.7 Å². The summed E-state index contributed by atoms with van der Waals surface area (Å²) in [5, 5.41) is 13.2. The van der Waals surface area contributed by atoms with E-state index in [0.717, 1.165) is 11.1 Å². The molecule has 0 aliphatic carbocycles. The quantitative estimate of drug-likeness (QED) is 0.746. The third kappa shape index (κ3) is 2.31. The van der Waals surface area contributed by atoms with Gasteiger partial charge < -0.3 is 19.3 Å². The topological polar surface area (TPSA) is 75.6 Å². The van der Waals surface area contributed by atoms with Gasteiger partial charge in [0.2, 0.25) is 5.76 Å². The van der Waals surface area contributed by atoms with Crippen LogP contribution in [-0.2, 0) is 13.1 Å². The highest BCUT2D eigenvalue weighted by molar-refractivity contribution is 5.95. The minimum absolute atomic E-state index is 0.0156. The molecular formula is C15H13NO4. The van der Waals surface area contributed by atoms with Crippen LogP contribution in [0.15, 0.2) is 51.5 Å². The Morgan fingerprint density at radius 1 is 1.15 bits per heavy atom. The summed E-state index contributed by atoms with van der Waals surface area (Å²) in [6.07, 6.45) is 1.60. The highest BCUT2D eigenvalue weighted by Crippen LogP contribution is 2.25. The maximum Gasteiger partial charge on any atom is 0.372 e. The molecule has 0 unspecified atom stereocenters. The fourth-order valence-corrected chi connectivity index (χ4v) is 2.17. The Morgan fingerprint density at radius 2 is 2.00 bits per heavy atom. The fourth-order valence-electron chi connectivity index (χ4n) is 2.17. The van der Waals surface area contributed by atoms with Gasteiger partial charge in [-0.25, -0.2) is 4.79 Å². The summed E-state index contributed by atoms with van der Waals surface area (Å²) in [6, 6.07) is 11.0. The van der Waals surface area contributed by atoms with Gasteiger partial charge >= 0.3 is 5.97 Å². The lowest BCUT2D eigenvalue weighted by atomic mass is 10.1. The van der Waals surface area contributed by atoms with Crippen LogP contribution in [-0.4, -0.2) is 11.1 Å². The van der Waals surface area contributed by atoms with E-state index in [4.69, 9.17) is 8.83 Å². The van der Waals surface area contributed by atoms with Gasteiger partial charge in [-0.1, -0.05) is 18.2 Å². The van der Waals surface area contributed by atoms with E-state index in [2.05, 4.69) is 5.32 Å². The minimum Gasteiger partial charge on any atom is -0.475 e. The summed E-state index contributed by atoms with van der Waals surface area (Å²) in [6.45, 7) is 0.935. The zero-order valence-electron chi connectivity index (χ0n) is 10.6. The van der Waals surface area contributed by atoms with Gasteiger partial charge in [-0.2, -0.15) is 0 Å². The second kappa shape index (κ2) is 5.22. The van der Waals surface area contributed by atoms with Crippen molar-refractivity contribution in [3.8, 4) is 0 Å². The number of fused-ring (bicyclic) bond motifs is 1. The van der Waals surface area contributed by atoms with Gasteiger partial charge in [-0.3, -0.25) is 0 Å². The van der Waals surface area contributed by atoms with Crippen LogP contribution >= 0.6 is 0 Å². The molecule has 0 atom stereocenters. The number of carboxylic acids is 1. The molecule has 5 heteroatoms. The molecule has 102 valence electrons. The third-order valence-electron chi connectivity index (χ3n) is 3.07. The van der Waals surface area contributed by atoms with Gasteiger partial charge in [-0.05, 0) is 18.2 Å². The number of rotatable bonds is 5. The van der Waals surface area contributed by atoms with Crippen LogP contribution in [0, 0.1) is 0 Å². The Morgan fingerprint density at radius 3 is 2.75 bits per heavy atom. The van der Waals surface area contributed by atoms with E-state index in [9.17, 15) is 9.90 Å². The third-order valence-corrected chi connectivity index (χ3v) is 3.07. The molecule has 2 heterocycles. The van der Waals surface area contributed by atoms with Crippen LogP contribution in [0.5, 0.6) is 0 Å². The number of carbonyl (C=O) groups is 1. The van der Waals surface area contributed by atoms with Crippen LogP contribution in [0.2, 0.25) is 0 Å². The van der Waals surface area contributed by atoms with Gasteiger partial charge in [0.1, 0.15) is 11.3 Å². The van der Waals surface area contributed by atoms with Crippen LogP contribution in [0.3, 0.4) is 0 Å². The standard InChI is InChI=1S/C15H13NO4/c17-15(18)14-12(9-16-8-10-4-3-7-19-10)11-5-1-2-6-13(11)20-14/h1-7,16H,8-9H2,(H,17,18). The van der Waals surface area contributed by atoms with Crippen LogP contribution < -0.4 is 5.32 Å². The number of hydrogen-bond donors (Lipinski definition) is 2. The van der Waals surface area contributed by atoms with E-state index in [-0.39, 0.29) is 5.76 Å². The molecule has 2 aromatic heterocycles. The second-order valence-electron chi connectivity index (χ2n) is 4.39. The lowest BCUT2D eigenvalue weighted by Crippen LogP contribution is -2.14. The van der Waals surface area contributed by atoms with Crippen molar-refractivity contribution in [3.63, 3.8) is 0 Å². The molecule has 0 amide bonds. The molecule has 0 saturated heterocycles. The first-order valence-electron chi connectivity index (χ1n) is 6.22. The first-order valence-corrected chi connectivity index (χ1v) is 6.22. The fraction of sp³-hybridized carbons (Fsp3) is 0.133. The lowest BCUT2D eigenvalue weighted by molar-refractivity contribution is 0.0663. The van der Waals surface area contributed by atoms with E-state index in [1.54, 1.807) is 12.3 Å². The molecule has 20 heavy (non-hydrogen) atoms. The monoisotopic (exact) mass is 271 g/mol. The predicted molar refractivity (Wildman–Crippen MR) is 72.4 cm³/mol. The Bertz CT molecular complexity index is 728. The van der Waals surface area contributed by atoms with Gasteiger partial charge in [0.15, 0.2) is 0 Å². The summed E-state index contributed by atoms with van der Waals surface area (Å²) in [5.41, 5.74) is 1.24. The smallest absolute Gasteiger partial charge is 0.372 e. The lowest BCUT2D eigenvalue weighted by Gasteiger charge is -2.02. The van der Waals surface area contributed by atoms with Gasteiger partial charge in [0.05, 0.1) is 12.8 Å². The molecular weight excluding hydrogens is 258 g/mol. The molecule has 0 radical (unpaired) electrons. The number of furan rings is 2. The van der Waals surface area contributed by atoms with Crippen molar-refractivity contribution < 1.29 is 18.7 Å². The van der Waals surface area contributed by atoms with Crippen molar-refractivity contribution >= 4 is 16.9 Å². The summed E-state index contributed by atoms with van der Waals surface area (Å²) in [4.78, 5) is 11.2. The highest BCUT2D eigenvalue weighted by Gasteiger charge is 2.19. The molecule has 0 fully saturated rings. The summed E-state index contributed by atoms with van der Waals surface area (Å²) < 4.78 is 10.6. The Labute approximate surface area is 114 Å². The zero-order valence-corrected chi connectivity index (χ0v) is 10.6. The first-order chi connectivity index (χ1) is 9.75. The maximum atomic E-state index is 11.2. The SMILES string of the molecule is O=C(O)c1oc2ccccc2c1CNCc1ccco1. The van der Waals surface area contributed by atoms with Crippen LogP contribution in [0.25, 0.3) is 11.0 Å². The summed E-state index contributed by atoms with van der Waals surface area (Å²) >= 11 is 0. The van der Waals surface area contributed by atoms with Crippen molar-refractivity contribution in [2.75, 3.05) is 0 Å². The molecule has 1 aromatic carbocycles. The van der Waals surface area contributed by atoms with Crippen LogP contribution in [0.1, 0.15) is 21.9 Å². The number of hydrogen-bond acceptors (Lipinski definition) is 4. The molecule has 3 rings (SSSR count). The molecule has 0 aliphatic rings. The molecule has 0 aliphatic heterocycles. The van der Waals surface area contributed by atoms with Gasteiger partial charge in [0, 0.05) is 17.5 Å². The van der Waals surface area contributed by atoms with Crippen molar-refractivity contribution in [2.45, 2.75) is 13.1 Å². The van der Waals surface area contributed by atoms with E-state index < -0.39 is 5.97 Å². The summed E-state index contributed by atoms with van der Waals surface area (Å²) in [7, 11) is 0. The van der Waals surface area contributed by atoms with Crippen molar-refractivity contribution in [1.82, 2.24) is 5.32 Å². The molecule has 2 N–H and O–H groups in total. The van der Waals surface area contributed by atoms with E-state index in [1.807, 2.05) is 30.3 Å². The van der Waals surface area contributed by atoms with Gasteiger partial charge in [-0.15, -0.1) is 0 Å². The number of nitrogens with one attached hydrogen (secondary N) is 1. The molecule has 5 nitrogen and oxygen atoms in total. The minimum atomic E-state index is -1.06. The molecule has 3 aromatic rings. The van der Waals surface area contributed by atoms with E-state index >= 15 is 0 Å². The summed E-state index contributed by atoms with van der Waals surface area (Å²) in [5.74, 6) is -0.274. The normalized spacial score (nSPS) is 11.0. The number of aromatic carboxylic acids is 1. The van der Waals surface area contributed by atoms with Crippen molar-refractivity contribution in [1.29, 1.82) is 0 Å². The average Bonchev–Trinajstić information content (AvgIpc) is 3.07.